The Balaban J connectivity index is 2.93. The van der Waals surface area contributed by atoms with Crippen molar-refractivity contribution < 1.29 is 18.0 Å². The van der Waals surface area contributed by atoms with Crippen LogP contribution in [0.15, 0.2) is 18.5 Å². The molecule has 1 heterocycles. The van der Waals surface area contributed by atoms with Gasteiger partial charge in [0.1, 0.15) is 6.54 Å². The highest BCUT2D eigenvalue weighted by Crippen LogP contribution is 2.21. The van der Waals surface area contributed by atoms with E-state index in [2.05, 4.69) is 4.98 Å². The molecule has 0 aromatic carbocycles. The number of hydrogen-bond donors (Lipinski definition) is 0. The van der Waals surface area contributed by atoms with Crippen molar-refractivity contribution in [3.05, 3.63) is 29.0 Å². The maximum atomic E-state index is 12.4. The number of aromatic nitrogens is 1. The summed E-state index contributed by atoms with van der Waals surface area (Å²) in [6.07, 6.45) is -1.45. The van der Waals surface area contributed by atoms with Gasteiger partial charge in [-0.25, -0.2) is 0 Å². The van der Waals surface area contributed by atoms with Gasteiger partial charge in [-0.05, 0) is 12.5 Å². The average molecular weight is 281 g/mol. The van der Waals surface area contributed by atoms with Crippen molar-refractivity contribution in [2.24, 2.45) is 0 Å². The Hall–Kier alpha value is -1.30. The number of halogens is 4. The molecule has 100 valence electrons. The van der Waals surface area contributed by atoms with Gasteiger partial charge in [0.15, 0.2) is 0 Å². The second-order valence-corrected chi connectivity index (χ2v) is 4.10. The van der Waals surface area contributed by atoms with E-state index >= 15 is 0 Å². The Labute approximate surface area is 108 Å². The Morgan fingerprint density at radius 1 is 1.50 bits per heavy atom. The van der Waals surface area contributed by atoms with Gasteiger partial charge < -0.3 is 4.90 Å². The predicted molar refractivity (Wildman–Crippen MR) is 61.5 cm³/mol. The average Bonchev–Trinajstić information content (AvgIpc) is 2.26. The summed E-state index contributed by atoms with van der Waals surface area (Å²) in [7, 11) is 0. The van der Waals surface area contributed by atoms with Crippen molar-refractivity contribution in [1.29, 1.82) is 0 Å². The van der Waals surface area contributed by atoms with E-state index in [9.17, 15) is 18.0 Å². The van der Waals surface area contributed by atoms with E-state index in [1.54, 1.807) is 6.92 Å². The first-order valence-corrected chi connectivity index (χ1v) is 5.68. The normalized spacial score (nSPS) is 11.4. The molecule has 0 radical (unpaired) electrons. The van der Waals surface area contributed by atoms with Crippen LogP contribution in [0.3, 0.4) is 0 Å². The van der Waals surface area contributed by atoms with E-state index in [4.69, 9.17) is 11.6 Å². The van der Waals surface area contributed by atoms with E-state index in [1.165, 1.54) is 18.5 Å². The molecule has 0 aliphatic carbocycles. The van der Waals surface area contributed by atoms with Crippen molar-refractivity contribution in [3.8, 4) is 0 Å². The molecule has 18 heavy (non-hydrogen) atoms. The van der Waals surface area contributed by atoms with Crippen molar-refractivity contribution in [1.82, 2.24) is 9.88 Å². The minimum Gasteiger partial charge on any atom is -0.330 e. The molecule has 1 amide bonds. The van der Waals surface area contributed by atoms with Crippen molar-refractivity contribution in [3.63, 3.8) is 0 Å². The lowest BCUT2D eigenvalue weighted by Crippen LogP contribution is -2.39. The molecular formula is C11H12ClF3N2O. The van der Waals surface area contributed by atoms with Crippen LogP contribution >= 0.6 is 11.6 Å². The molecule has 0 saturated heterocycles. The van der Waals surface area contributed by atoms with E-state index < -0.39 is 18.6 Å². The predicted octanol–water partition coefficient (Wildman–Crippen LogP) is 3.15. The molecule has 0 saturated carbocycles. The number of alkyl halides is 3. The summed E-state index contributed by atoms with van der Waals surface area (Å²) in [5.74, 6) is -0.735. The number of rotatable bonds is 4. The number of nitrogens with zero attached hydrogens (tertiary/aromatic N) is 2. The number of carbonyl (C=O) groups excluding carboxylic acids is 1. The summed E-state index contributed by atoms with van der Waals surface area (Å²) >= 11 is 5.74. The van der Waals surface area contributed by atoms with Gasteiger partial charge >= 0.3 is 6.18 Å². The van der Waals surface area contributed by atoms with Crippen LogP contribution in [0.25, 0.3) is 0 Å². The zero-order valence-corrected chi connectivity index (χ0v) is 10.4. The second-order valence-electron chi connectivity index (χ2n) is 3.70. The Morgan fingerprint density at radius 3 is 2.67 bits per heavy atom. The first-order chi connectivity index (χ1) is 8.35. The maximum Gasteiger partial charge on any atom is 0.406 e. The molecule has 1 rings (SSSR count). The van der Waals surface area contributed by atoms with Crippen LogP contribution in [-0.2, 0) is 0 Å². The Morgan fingerprint density at radius 2 is 2.17 bits per heavy atom. The molecule has 0 N–H and O–H groups in total. The largest absolute Gasteiger partial charge is 0.406 e. The third-order valence-electron chi connectivity index (χ3n) is 2.15. The molecule has 1 aromatic heterocycles. The molecule has 0 atom stereocenters. The maximum absolute atomic E-state index is 12.4. The van der Waals surface area contributed by atoms with Gasteiger partial charge in [0.25, 0.3) is 5.91 Å². The van der Waals surface area contributed by atoms with Crippen LogP contribution in [-0.4, -0.2) is 35.1 Å². The fraction of sp³-hybridized carbons (Fsp3) is 0.455. The van der Waals surface area contributed by atoms with Gasteiger partial charge in [-0.3, -0.25) is 9.78 Å². The van der Waals surface area contributed by atoms with Crippen LogP contribution in [0.2, 0.25) is 5.02 Å². The lowest BCUT2D eigenvalue weighted by Gasteiger charge is -2.23. The van der Waals surface area contributed by atoms with Crippen molar-refractivity contribution in [2.75, 3.05) is 13.1 Å². The molecule has 3 nitrogen and oxygen atoms in total. The van der Waals surface area contributed by atoms with E-state index in [0.29, 0.717) is 6.42 Å². The number of amides is 1. The first-order valence-electron chi connectivity index (χ1n) is 5.30. The lowest BCUT2D eigenvalue weighted by molar-refractivity contribution is -0.140. The van der Waals surface area contributed by atoms with Gasteiger partial charge in [-0.15, -0.1) is 0 Å². The summed E-state index contributed by atoms with van der Waals surface area (Å²) in [5, 5.41) is 0.0470. The highest BCUT2D eigenvalue weighted by Gasteiger charge is 2.33. The Kier molecular flexibility index (Phi) is 4.95. The van der Waals surface area contributed by atoms with Gasteiger partial charge in [0, 0.05) is 18.9 Å². The van der Waals surface area contributed by atoms with Gasteiger partial charge in [-0.1, -0.05) is 18.5 Å². The summed E-state index contributed by atoms with van der Waals surface area (Å²) in [4.78, 5) is 16.4. The fourth-order valence-corrected chi connectivity index (χ4v) is 1.66. The van der Waals surface area contributed by atoms with Gasteiger partial charge in [-0.2, -0.15) is 13.2 Å². The molecule has 1 aromatic rings. The SMILES string of the molecule is CCCN(CC(F)(F)F)C(=O)c1ccncc1Cl. The monoisotopic (exact) mass is 280 g/mol. The smallest absolute Gasteiger partial charge is 0.330 e. The van der Waals surface area contributed by atoms with Crippen LogP contribution < -0.4 is 0 Å². The Bertz CT molecular complexity index is 423. The molecular weight excluding hydrogens is 269 g/mol. The number of carbonyl (C=O) groups is 1. The topological polar surface area (TPSA) is 33.2 Å². The molecule has 0 fully saturated rings. The van der Waals surface area contributed by atoms with Crippen LogP contribution in [0.5, 0.6) is 0 Å². The highest BCUT2D eigenvalue weighted by molar-refractivity contribution is 6.33. The first kappa shape index (κ1) is 14.8. The summed E-state index contributed by atoms with van der Waals surface area (Å²) in [5.41, 5.74) is 0.0318. The van der Waals surface area contributed by atoms with Crippen molar-refractivity contribution >= 4 is 17.5 Å². The lowest BCUT2D eigenvalue weighted by atomic mass is 10.2. The quantitative estimate of drug-likeness (QED) is 0.849. The van der Waals surface area contributed by atoms with Gasteiger partial charge in [0.2, 0.25) is 0 Å². The molecule has 0 spiro atoms. The zero-order valence-electron chi connectivity index (χ0n) is 9.67. The molecule has 0 aliphatic rings. The van der Waals surface area contributed by atoms with Crippen LogP contribution in [0, 0.1) is 0 Å². The minimum atomic E-state index is -4.43. The van der Waals surface area contributed by atoms with Crippen molar-refractivity contribution in [2.45, 2.75) is 19.5 Å². The molecule has 0 unspecified atom stereocenters. The van der Waals surface area contributed by atoms with E-state index in [0.717, 1.165) is 4.90 Å². The molecule has 0 aliphatic heterocycles. The summed E-state index contributed by atoms with van der Waals surface area (Å²) < 4.78 is 37.1. The number of hydrogen-bond acceptors (Lipinski definition) is 2. The number of pyridine rings is 1. The second kappa shape index (κ2) is 6.04. The van der Waals surface area contributed by atoms with Crippen LogP contribution in [0.4, 0.5) is 13.2 Å². The minimum absolute atomic E-state index is 0.0248. The molecule has 7 heteroatoms. The molecule has 0 bridgehead atoms. The standard InChI is InChI=1S/C11H12ClF3N2O/c1-2-5-17(7-11(13,14)15)10(18)8-3-4-16-6-9(8)12/h3-4,6H,2,5,7H2,1H3. The van der Waals surface area contributed by atoms with Crippen LogP contribution in [0.1, 0.15) is 23.7 Å². The summed E-state index contributed by atoms with van der Waals surface area (Å²) in [6.45, 7) is 0.445. The highest BCUT2D eigenvalue weighted by atomic mass is 35.5. The van der Waals surface area contributed by atoms with Gasteiger partial charge in [0.05, 0.1) is 10.6 Å². The van der Waals surface area contributed by atoms with E-state index in [1.807, 2.05) is 0 Å². The zero-order chi connectivity index (χ0) is 13.8. The summed E-state index contributed by atoms with van der Waals surface area (Å²) in [6, 6.07) is 1.31. The van der Waals surface area contributed by atoms with E-state index in [-0.39, 0.29) is 17.1 Å². The third-order valence-corrected chi connectivity index (χ3v) is 2.45. The third kappa shape index (κ3) is 4.18. The fourth-order valence-electron chi connectivity index (χ4n) is 1.46.